The van der Waals surface area contributed by atoms with Gasteiger partial charge in [-0.05, 0) is 49.9 Å². The van der Waals surface area contributed by atoms with E-state index < -0.39 is 0 Å². The lowest BCUT2D eigenvalue weighted by atomic mass is 10.1. The van der Waals surface area contributed by atoms with Crippen LogP contribution in [0.1, 0.15) is 17.5 Å². The summed E-state index contributed by atoms with van der Waals surface area (Å²) in [7, 11) is 2.16. The van der Waals surface area contributed by atoms with Gasteiger partial charge in [-0.1, -0.05) is 24.3 Å². The highest BCUT2D eigenvalue weighted by Crippen LogP contribution is 2.26. The average molecular weight is 342 g/mol. The number of hydrogen-bond donors (Lipinski definition) is 1. The van der Waals surface area contributed by atoms with Gasteiger partial charge in [-0.3, -0.25) is 4.90 Å². The number of hydrogen-bond acceptors (Lipinski definition) is 3. The predicted molar refractivity (Wildman–Crippen MR) is 99.8 cm³/mol. The molecule has 0 spiro atoms. The number of urea groups is 1. The van der Waals surface area contributed by atoms with Crippen molar-refractivity contribution >= 4 is 6.03 Å². The molecule has 2 heterocycles. The zero-order valence-electron chi connectivity index (χ0n) is 15.3. The van der Waals surface area contributed by atoms with Crippen LogP contribution in [0.5, 0.6) is 0 Å². The summed E-state index contributed by atoms with van der Waals surface area (Å²) < 4.78 is 0. The van der Waals surface area contributed by atoms with E-state index in [-0.39, 0.29) is 6.03 Å². The molecule has 5 heteroatoms. The fraction of sp³-hybridized carbons (Fsp3) is 0.650. The SMILES string of the molecule is CN1CCC(CNC(=O)N2CCN(C3Cc4ccccc4C3)CC2)C1. The predicted octanol–water partition coefficient (Wildman–Crippen LogP) is 1.43. The van der Waals surface area contributed by atoms with Crippen LogP contribution in [-0.2, 0) is 12.8 Å². The monoisotopic (exact) mass is 342 g/mol. The highest BCUT2D eigenvalue weighted by atomic mass is 16.2. The van der Waals surface area contributed by atoms with Gasteiger partial charge in [0.15, 0.2) is 0 Å². The van der Waals surface area contributed by atoms with Crippen molar-refractivity contribution in [3.05, 3.63) is 35.4 Å². The second-order valence-electron chi connectivity index (χ2n) is 7.96. The highest BCUT2D eigenvalue weighted by molar-refractivity contribution is 5.74. The van der Waals surface area contributed by atoms with Gasteiger partial charge in [0.25, 0.3) is 0 Å². The Morgan fingerprint density at radius 1 is 1.08 bits per heavy atom. The number of nitrogens with one attached hydrogen (secondary N) is 1. The summed E-state index contributed by atoms with van der Waals surface area (Å²) in [5.74, 6) is 0.618. The molecule has 0 bridgehead atoms. The molecule has 2 amide bonds. The van der Waals surface area contributed by atoms with Crippen LogP contribution in [0, 0.1) is 5.92 Å². The van der Waals surface area contributed by atoms with Gasteiger partial charge in [0.2, 0.25) is 0 Å². The molecule has 2 saturated heterocycles. The molecule has 1 N–H and O–H groups in total. The highest BCUT2D eigenvalue weighted by Gasteiger charge is 2.30. The van der Waals surface area contributed by atoms with E-state index >= 15 is 0 Å². The van der Waals surface area contributed by atoms with Gasteiger partial charge in [0.05, 0.1) is 0 Å². The summed E-state index contributed by atoms with van der Waals surface area (Å²) in [5, 5.41) is 3.16. The molecular formula is C20H30N4O. The van der Waals surface area contributed by atoms with Crippen molar-refractivity contribution in [2.75, 3.05) is 52.9 Å². The van der Waals surface area contributed by atoms with Crippen LogP contribution >= 0.6 is 0 Å². The van der Waals surface area contributed by atoms with Crippen LogP contribution in [-0.4, -0.2) is 79.6 Å². The Balaban J connectivity index is 1.21. The number of likely N-dealkylation sites (tertiary alicyclic amines) is 1. The number of fused-ring (bicyclic) bond motifs is 1. The summed E-state index contributed by atoms with van der Waals surface area (Å²) in [6.45, 7) is 6.78. The summed E-state index contributed by atoms with van der Waals surface area (Å²) in [4.78, 5) is 19.3. The summed E-state index contributed by atoms with van der Waals surface area (Å²) in [6.07, 6.45) is 3.53. The smallest absolute Gasteiger partial charge is 0.317 e. The van der Waals surface area contributed by atoms with Gasteiger partial charge in [-0.25, -0.2) is 4.79 Å². The second kappa shape index (κ2) is 7.34. The van der Waals surface area contributed by atoms with E-state index in [1.165, 1.54) is 17.5 Å². The molecular weight excluding hydrogens is 312 g/mol. The standard InChI is InChI=1S/C20H30N4O/c1-22-7-6-16(15-22)14-21-20(25)24-10-8-23(9-11-24)19-12-17-4-2-3-5-18(17)13-19/h2-5,16,19H,6-15H2,1H3,(H,21,25). The fourth-order valence-corrected chi connectivity index (χ4v) is 4.62. The van der Waals surface area contributed by atoms with Crippen molar-refractivity contribution in [1.82, 2.24) is 20.0 Å². The Labute approximate surface area is 151 Å². The maximum absolute atomic E-state index is 12.4. The number of carbonyl (C=O) groups is 1. The first-order valence-corrected chi connectivity index (χ1v) is 9.71. The molecule has 0 radical (unpaired) electrons. The van der Waals surface area contributed by atoms with Gasteiger partial charge < -0.3 is 15.1 Å². The minimum Gasteiger partial charge on any atom is -0.338 e. The van der Waals surface area contributed by atoms with E-state index in [2.05, 4.69) is 46.4 Å². The number of rotatable bonds is 3. The molecule has 1 aromatic carbocycles. The number of nitrogens with zero attached hydrogens (tertiary/aromatic N) is 3. The summed E-state index contributed by atoms with van der Waals surface area (Å²) in [6, 6.07) is 9.57. The summed E-state index contributed by atoms with van der Waals surface area (Å²) >= 11 is 0. The molecule has 5 nitrogen and oxygen atoms in total. The van der Waals surface area contributed by atoms with Crippen molar-refractivity contribution in [1.29, 1.82) is 0 Å². The van der Waals surface area contributed by atoms with Crippen molar-refractivity contribution in [3.63, 3.8) is 0 Å². The second-order valence-corrected chi connectivity index (χ2v) is 7.96. The molecule has 2 aliphatic heterocycles. The number of amides is 2. The molecule has 1 aromatic rings. The van der Waals surface area contributed by atoms with Crippen LogP contribution in [0.25, 0.3) is 0 Å². The molecule has 1 unspecified atom stereocenters. The molecule has 2 fully saturated rings. The van der Waals surface area contributed by atoms with Gasteiger partial charge in [-0.15, -0.1) is 0 Å². The van der Waals surface area contributed by atoms with Gasteiger partial charge >= 0.3 is 6.03 Å². The Hall–Kier alpha value is -1.59. The number of carbonyl (C=O) groups excluding carboxylic acids is 1. The maximum Gasteiger partial charge on any atom is 0.317 e. The third-order valence-electron chi connectivity index (χ3n) is 6.18. The van der Waals surface area contributed by atoms with Crippen LogP contribution < -0.4 is 5.32 Å². The molecule has 1 aliphatic carbocycles. The Kier molecular flexibility index (Phi) is 4.95. The minimum absolute atomic E-state index is 0.129. The first-order valence-electron chi connectivity index (χ1n) is 9.71. The van der Waals surface area contributed by atoms with E-state index in [4.69, 9.17) is 0 Å². The van der Waals surface area contributed by atoms with E-state index in [1.54, 1.807) is 0 Å². The molecule has 136 valence electrons. The third-order valence-corrected chi connectivity index (χ3v) is 6.18. The van der Waals surface area contributed by atoms with Crippen molar-refractivity contribution in [2.24, 2.45) is 5.92 Å². The van der Waals surface area contributed by atoms with Crippen LogP contribution in [0.2, 0.25) is 0 Å². The van der Waals surface area contributed by atoms with E-state index in [0.29, 0.717) is 12.0 Å². The zero-order valence-corrected chi connectivity index (χ0v) is 15.3. The lowest BCUT2D eigenvalue weighted by molar-refractivity contribution is 0.110. The molecule has 25 heavy (non-hydrogen) atoms. The van der Waals surface area contributed by atoms with Crippen molar-refractivity contribution < 1.29 is 4.79 Å². The van der Waals surface area contributed by atoms with Crippen molar-refractivity contribution in [2.45, 2.75) is 25.3 Å². The van der Waals surface area contributed by atoms with Gasteiger partial charge in [-0.2, -0.15) is 0 Å². The minimum atomic E-state index is 0.129. The Morgan fingerprint density at radius 3 is 2.36 bits per heavy atom. The Morgan fingerprint density at radius 2 is 1.76 bits per heavy atom. The van der Waals surface area contributed by atoms with E-state index in [1.807, 2.05) is 4.90 Å². The molecule has 0 saturated carbocycles. The number of benzene rings is 1. The van der Waals surface area contributed by atoms with E-state index in [0.717, 1.165) is 58.7 Å². The largest absolute Gasteiger partial charge is 0.338 e. The fourth-order valence-electron chi connectivity index (χ4n) is 4.62. The third kappa shape index (κ3) is 3.82. The van der Waals surface area contributed by atoms with Gasteiger partial charge in [0, 0.05) is 45.3 Å². The quantitative estimate of drug-likeness (QED) is 0.903. The molecule has 0 aromatic heterocycles. The first kappa shape index (κ1) is 16.9. The zero-order chi connectivity index (χ0) is 17.2. The topological polar surface area (TPSA) is 38.8 Å². The first-order chi connectivity index (χ1) is 12.2. The lowest BCUT2D eigenvalue weighted by Crippen LogP contribution is -2.54. The molecule has 4 rings (SSSR count). The van der Waals surface area contributed by atoms with Crippen LogP contribution in [0.4, 0.5) is 4.79 Å². The maximum atomic E-state index is 12.4. The lowest BCUT2D eigenvalue weighted by Gasteiger charge is -2.38. The Bertz CT molecular complexity index is 586. The molecule has 3 aliphatic rings. The molecule has 1 atom stereocenters. The summed E-state index contributed by atoms with van der Waals surface area (Å²) in [5.41, 5.74) is 3.02. The number of piperazine rings is 1. The normalized spacial score (nSPS) is 25.3. The van der Waals surface area contributed by atoms with Crippen LogP contribution in [0.15, 0.2) is 24.3 Å². The van der Waals surface area contributed by atoms with Crippen molar-refractivity contribution in [3.8, 4) is 0 Å². The van der Waals surface area contributed by atoms with E-state index in [9.17, 15) is 4.79 Å². The van der Waals surface area contributed by atoms with Crippen LogP contribution in [0.3, 0.4) is 0 Å². The van der Waals surface area contributed by atoms with Gasteiger partial charge in [0.1, 0.15) is 0 Å². The average Bonchev–Trinajstić information content (AvgIpc) is 3.25.